The molecule has 0 unspecified atom stereocenters. The van der Waals surface area contributed by atoms with E-state index in [-0.39, 0.29) is 0 Å². The third-order valence-corrected chi connectivity index (χ3v) is 4.75. The molecule has 1 aromatic carbocycles. The zero-order valence-corrected chi connectivity index (χ0v) is 15.9. The molecule has 2 N–H and O–H groups in total. The zero-order chi connectivity index (χ0) is 17.3. The number of hydrogen-bond donors (Lipinski definition) is 2. The smallest absolute Gasteiger partial charge is 0.138 e. The molecule has 0 bridgehead atoms. The van der Waals surface area contributed by atoms with Gasteiger partial charge in [0, 0.05) is 6.54 Å². The molecule has 0 atom stereocenters. The second kappa shape index (κ2) is 15.4. The third kappa shape index (κ3) is 11.4. The maximum Gasteiger partial charge on any atom is 0.138 e. The molecular formula is C22H39NO. The molecule has 0 aliphatic carbocycles. The minimum atomic E-state index is 0.350. The first-order chi connectivity index (χ1) is 11.8. The SMILES string of the molecule is CCCCCCCCCCCCCCCCNc1ccccc1O. The molecule has 2 nitrogen and oxygen atoms in total. The summed E-state index contributed by atoms with van der Waals surface area (Å²) in [7, 11) is 0. The standard InChI is InChI=1S/C22H39NO/c1-2-3-4-5-6-7-8-9-10-11-12-13-14-17-20-23-21-18-15-16-19-22(21)24/h15-16,18-19,23-24H,2-14,17,20H2,1H3. The molecule has 2 heteroatoms. The lowest BCUT2D eigenvalue weighted by atomic mass is 10.0. The highest BCUT2D eigenvalue weighted by Gasteiger charge is 1.98. The summed E-state index contributed by atoms with van der Waals surface area (Å²) in [6.45, 7) is 3.24. The van der Waals surface area contributed by atoms with Gasteiger partial charge in [-0.15, -0.1) is 0 Å². The van der Waals surface area contributed by atoms with Crippen molar-refractivity contribution in [2.24, 2.45) is 0 Å². The number of anilines is 1. The van der Waals surface area contributed by atoms with Crippen molar-refractivity contribution in [1.29, 1.82) is 0 Å². The lowest BCUT2D eigenvalue weighted by molar-refractivity contribution is 0.477. The number of aromatic hydroxyl groups is 1. The lowest BCUT2D eigenvalue weighted by Crippen LogP contribution is -2.01. The van der Waals surface area contributed by atoms with E-state index in [1.54, 1.807) is 6.07 Å². The number of benzene rings is 1. The maximum atomic E-state index is 9.66. The third-order valence-electron chi connectivity index (χ3n) is 4.75. The number of nitrogens with one attached hydrogen (secondary N) is 1. The largest absolute Gasteiger partial charge is 0.506 e. The zero-order valence-electron chi connectivity index (χ0n) is 15.9. The Hall–Kier alpha value is -1.18. The lowest BCUT2D eigenvalue weighted by Gasteiger charge is -2.08. The molecule has 0 saturated carbocycles. The molecule has 0 aliphatic rings. The van der Waals surface area contributed by atoms with Crippen molar-refractivity contribution in [2.75, 3.05) is 11.9 Å². The predicted molar refractivity (Wildman–Crippen MR) is 107 cm³/mol. The molecule has 0 spiro atoms. The number of hydrogen-bond acceptors (Lipinski definition) is 2. The van der Waals surface area contributed by atoms with Gasteiger partial charge in [-0.3, -0.25) is 0 Å². The average molecular weight is 334 g/mol. The van der Waals surface area contributed by atoms with Crippen molar-refractivity contribution in [3.63, 3.8) is 0 Å². The fourth-order valence-corrected chi connectivity index (χ4v) is 3.17. The van der Waals surface area contributed by atoms with E-state index < -0.39 is 0 Å². The second-order valence-electron chi connectivity index (χ2n) is 7.04. The molecule has 0 heterocycles. The van der Waals surface area contributed by atoms with E-state index in [1.807, 2.05) is 18.2 Å². The van der Waals surface area contributed by atoms with Gasteiger partial charge in [0.1, 0.15) is 5.75 Å². The topological polar surface area (TPSA) is 32.3 Å². The van der Waals surface area contributed by atoms with Crippen LogP contribution in [0.1, 0.15) is 96.8 Å². The van der Waals surface area contributed by atoms with Crippen molar-refractivity contribution >= 4 is 5.69 Å². The van der Waals surface area contributed by atoms with E-state index in [0.717, 1.165) is 12.2 Å². The van der Waals surface area contributed by atoms with Gasteiger partial charge in [-0.25, -0.2) is 0 Å². The van der Waals surface area contributed by atoms with Crippen molar-refractivity contribution in [1.82, 2.24) is 0 Å². The Kier molecular flexibility index (Phi) is 13.3. The second-order valence-corrected chi connectivity index (χ2v) is 7.04. The minimum absolute atomic E-state index is 0.350. The minimum Gasteiger partial charge on any atom is -0.506 e. The van der Waals surface area contributed by atoms with Crippen LogP contribution in [-0.2, 0) is 0 Å². The average Bonchev–Trinajstić information content (AvgIpc) is 2.60. The van der Waals surface area contributed by atoms with Crippen molar-refractivity contribution in [3.05, 3.63) is 24.3 Å². The van der Waals surface area contributed by atoms with Crippen LogP contribution in [0.4, 0.5) is 5.69 Å². The molecule has 1 rings (SSSR count). The summed E-state index contributed by atoms with van der Waals surface area (Å²) in [5.41, 5.74) is 0.854. The van der Waals surface area contributed by atoms with Crippen molar-refractivity contribution < 1.29 is 5.11 Å². The molecule has 24 heavy (non-hydrogen) atoms. The first-order valence-electron chi connectivity index (χ1n) is 10.4. The Morgan fingerprint density at radius 2 is 1.12 bits per heavy atom. The van der Waals surface area contributed by atoms with E-state index in [9.17, 15) is 5.11 Å². The number of para-hydroxylation sites is 2. The number of rotatable bonds is 16. The molecule has 1 aromatic rings. The Morgan fingerprint density at radius 3 is 1.62 bits per heavy atom. The van der Waals surface area contributed by atoms with E-state index in [2.05, 4.69) is 12.2 Å². The van der Waals surface area contributed by atoms with E-state index in [4.69, 9.17) is 0 Å². The van der Waals surface area contributed by atoms with Crippen LogP contribution in [0, 0.1) is 0 Å². The Bertz CT molecular complexity index is 391. The summed E-state index contributed by atoms with van der Waals surface area (Å²) >= 11 is 0. The molecule has 0 radical (unpaired) electrons. The van der Waals surface area contributed by atoms with E-state index >= 15 is 0 Å². The van der Waals surface area contributed by atoms with Crippen LogP contribution in [0.5, 0.6) is 5.75 Å². The van der Waals surface area contributed by atoms with Gasteiger partial charge >= 0.3 is 0 Å². The molecule has 0 aromatic heterocycles. The first-order valence-corrected chi connectivity index (χ1v) is 10.4. The fraction of sp³-hybridized carbons (Fsp3) is 0.727. The highest BCUT2D eigenvalue weighted by atomic mass is 16.3. The van der Waals surface area contributed by atoms with Crippen LogP contribution < -0.4 is 5.32 Å². The molecular weight excluding hydrogens is 294 g/mol. The van der Waals surface area contributed by atoms with Crippen LogP contribution in [0.2, 0.25) is 0 Å². The van der Waals surface area contributed by atoms with E-state index in [0.29, 0.717) is 5.75 Å². The summed E-state index contributed by atoms with van der Waals surface area (Å²) < 4.78 is 0. The van der Waals surface area contributed by atoms with Gasteiger partial charge in [0.25, 0.3) is 0 Å². The molecule has 0 fully saturated rings. The van der Waals surface area contributed by atoms with Crippen LogP contribution in [-0.4, -0.2) is 11.7 Å². The summed E-state index contributed by atoms with van der Waals surface area (Å²) in [6, 6.07) is 7.47. The molecule has 138 valence electrons. The summed E-state index contributed by atoms with van der Waals surface area (Å²) in [5, 5.41) is 13.0. The summed E-state index contributed by atoms with van der Waals surface area (Å²) in [4.78, 5) is 0. The molecule has 0 saturated heterocycles. The van der Waals surface area contributed by atoms with Crippen LogP contribution in [0.15, 0.2) is 24.3 Å². The number of phenolic OH excluding ortho intramolecular Hbond substituents is 1. The first kappa shape index (κ1) is 20.9. The normalized spacial score (nSPS) is 10.9. The monoisotopic (exact) mass is 333 g/mol. The Balaban J connectivity index is 1.77. The summed E-state index contributed by atoms with van der Waals surface area (Å²) in [5.74, 6) is 0.350. The van der Waals surface area contributed by atoms with Gasteiger partial charge in [0.05, 0.1) is 5.69 Å². The van der Waals surface area contributed by atoms with Crippen LogP contribution in [0.3, 0.4) is 0 Å². The predicted octanol–water partition coefficient (Wildman–Crippen LogP) is 7.29. The molecule has 0 amide bonds. The molecule has 0 aliphatic heterocycles. The van der Waals surface area contributed by atoms with Crippen LogP contribution in [0.25, 0.3) is 0 Å². The Morgan fingerprint density at radius 1 is 0.667 bits per heavy atom. The van der Waals surface area contributed by atoms with Gasteiger partial charge in [-0.05, 0) is 18.6 Å². The summed E-state index contributed by atoms with van der Waals surface area (Å²) in [6.07, 6.45) is 19.5. The van der Waals surface area contributed by atoms with Gasteiger partial charge < -0.3 is 10.4 Å². The quantitative estimate of drug-likeness (QED) is 0.246. The van der Waals surface area contributed by atoms with Gasteiger partial charge in [-0.2, -0.15) is 0 Å². The maximum absolute atomic E-state index is 9.66. The van der Waals surface area contributed by atoms with Gasteiger partial charge in [0.2, 0.25) is 0 Å². The van der Waals surface area contributed by atoms with Gasteiger partial charge in [0.15, 0.2) is 0 Å². The fourth-order valence-electron chi connectivity index (χ4n) is 3.17. The van der Waals surface area contributed by atoms with E-state index in [1.165, 1.54) is 89.9 Å². The highest BCUT2D eigenvalue weighted by Crippen LogP contribution is 2.21. The van der Waals surface area contributed by atoms with Gasteiger partial charge in [-0.1, -0.05) is 103 Å². The number of phenols is 1. The van der Waals surface area contributed by atoms with Crippen LogP contribution >= 0.6 is 0 Å². The highest BCUT2D eigenvalue weighted by molar-refractivity contribution is 5.54. The van der Waals surface area contributed by atoms with Crippen molar-refractivity contribution in [3.8, 4) is 5.75 Å². The van der Waals surface area contributed by atoms with Crippen molar-refractivity contribution in [2.45, 2.75) is 96.8 Å². The number of unbranched alkanes of at least 4 members (excludes halogenated alkanes) is 13. The Labute approximate surface area is 150 Å².